The zero-order valence-electron chi connectivity index (χ0n) is 18.4. The molecule has 6 rings (SSSR count). The van der Waals surface area contributed by atoms with Crippen molar-refractivity contribution in [1.29, 1.82) is 0 Å². The lowest BCUT2D eigenvalue weighted by Gasteiger charge is -2.30. The van der Waals surface area contributed by atoms with Crippen LogP contribution in [0.1, 0.15) is 25.0 Å². The summed E-state index contributed by atoms with van der Waals surface area (Å²) in [6.45, 7) is 4.05. The molecule has 0 saturated carbocycles. The Bertz CT molecular complexity index is 1500. The number of hydrogen-bond donors (Lipinski definition) is 1. The van der Waals surface area contributed by atoms with Crippen LogP contribution in [0.4, 0.5) is 17.1 Å². The zero-order chi connectivity index (χ0) is 22.0. The van der Waals surface area contributed by atoms with E-state index in [0.717, 1.165) is 72.7 Å². The minimum atomic E-state index is 0.837. The number of ether oxygens (including phenoxy) is 2. The topological polar surface area (TPSA) is 58.5 Å². The highest BCUT2D eigenvalue weighted by Crippen LogP contribution is 2.47. The minimum absolute atomic E-state index is 0.837. The van der Waals surface area contributed by atoms with Gasteiger partial charge >= 0.3 is 0 Å². The molecule has 0 radical (unpaired) electrons. The van der Waals surface area contributed by atoms with Crippen molar-refractivity contribution in [3.05, 3.63) is 65.7 Å². The van der Waals surface area contributed by atoms with Gasteiger partial charge < -0.3 is 9.47 Å². The molecule has 0 saturated heterocycles. The molecule has 2 heterocycles. The predicted molar refractivity (Wildman–Crippen MR) is 131 cm³/mol. The Morgan fingerprint density at radius 3 is 2.12 bits per heavy atom. The normalized spacial score (nSPS) is 14.2. The highest BCUT2D eigenvalue weighted by atomic mass is 16.5. The monoisotopic (exact) mass is 422 g/mol. The lowest BCUT2D eigenvalue weighted by atomic mass is 9.95. The first-order valence-electron chi connectivity index (χ1n) is 10.5. The molecule has 0 amide bonds. The van der Waals surface area contributed by atoms with Gasteiger partial charge in [-0.2, -0.15) is 10.2 Å². The van der Waals surface area contributed by atoms with Crippen LogP contribution < -0.4 is 19.9 Å². The number of hydrazone groups is 2. The average molecular weight is 422 g/mol. The average Bonchev–Trinajstić information content (AvgIpc) is 2.83. The molecular formula is C26H22N4O2. The van der Waals surface area contributed by atoms with Gasteiger partial charge in [0.2, 0.25) is 0 Å². The van der Waals surface area contributed by atoms with E-state index in [9.17, 15) is 0 Å². The molecule has 0 atom stereocenters. The van der Waals surface area contributed by atoms with Gasteiger partial charge in [-0.15, -0.1) is 0 Å². The summed E-state index contributed by atoms with van der Waals surface area (Å²) >= 11 is 0. The number of anilines is 3. The van der Waals surface area contributed by atoms with Gasteiger partial charge in [-0.25, -0.2) is 5.01 Å². The summed E-state index contributed by atoms with van der Waals surface area (Å²) in [7, 11) is 3.41. The van der Waals surface area contributed by atoms with Crippen LogP contribution in [0.25, 0.3) is 21.5 Å². The maximum atomic E-state index is 5.64. The molecule has 1 N–H and O–H groups in total. The Labute approximate surface area is 185 Å². The fourth-order valence-electron chi connectivity index (χ4n) is 4.84. The second kappa shape index (κ2) is 6.72. The Balaban J connectivity index is 1.66. The Morgan fingerprint density at radius 2 is 1.41 bits per heavy atom. The van der Waals surface area contributed by atoms with Crippen molar-refractivity contribution < 1.29 is 9.47 Å². The second-order valence-corrected chi connectivity index (χ2v) is 8.02. The van der Waals surface area contributed by atoms with Crippen LogP contribution in [0.15, 0.2) is 64.8 Å². The standard InChI is InChI=1S/C26H22N4O2/c1-14-16-9-12-23(32-4)19-8-11-21(26(25(16)19)28-27-14)30-20-7-5-6-18-22(31-3)13-10-17(24(18)20)15(2)29-30/h5-13,28H,1-4H3. The fourth-order valence-corrected chi connectivity index (χ4v) is 4.84. The quantitative estimate of drug-likeness (QED) is 0.438. The first-order chi connectivity index (χ1) is 15.6. The maximum absolute atomic E-state index is 5.64. The summed E-state index contributed by atoms with van der Waals surface area (Å²) in [5.74, 6) is 1.69. The third-order valence-electron chi connectivity index (χ3n) is 6.36. The number of nitrogens with zero attached hydrogens (tertiary/aromatic N) is 3. The van der Waals surface area contributed by atoms with Gasteiger partial charge in [-0.3, -0.25) is 5.43 Å². The molecular weight excluding hydrogens is 400 g/mol. The van der Waals surface area contributed by atoms with Crippen LogP contribution in [0.5, 0.6) is 11.5 Å². The molecule has 0 spiro atoms. The van der Waals surface area contributed by atoms with Gasteiger partial charge in [0, 0.05) is 32.7 Å². The van der Waals surface area contributed by atoms with Gasteiger partial charge in [0.1, 0.15) is 11.5 Å². The minimum Gasteiger partial charge on any atom is -0.496 e. The van der Waals surface area contributed by atoms with Gasteiger partial charge in [0.25, 0.3) is 0 Å². The summed E-state index contributed by atoms with van der Waals surface area (Å²) < 4.78 is 11.3. The Kier molecular flexibility index (Phi) is 3.92. The highest BCUT2D eigenvalue weighted by molar-refractivity contribution is 6.22. The van der Waals surface area contributed by atoms with E-state index in [4.69, 9.17) is 14.6 Å². The number of hydrogen-bond acceptors (Lipinski definition) is 6. The van der Waals surface area contributed by atoms with Crippen LogP contribution in [0.2, 0.25) is 0 Å². The van der Waals surface area contributed by atoms with Gasteiger partial charge in [-0.05, 0) is 56.3 Å². The molecule has 158 valence electrons. The lowest BCUT2D eigenvalue weighted by molar-refractivity contribution is 0.419. The molecule has 0 aromatic heterocycles. The molecule has 0 fully saturated rings. The molecule has 6 nitrogen and oxygen atoms in total. The first kappa shape index (κ1) is 18.7. The molecule has 0 bridgehead atoms. The Morgan fingerprint density at radius 1 is 0.719 bits per heavy atom. The van der Waals surface area contributed by atoms with Crippen LogP contribution >= 0.6 is 0 Å². The van der Waals surface area contributed by atoms with Crippen molar-refractivity contribution in [2.45, 2.75) is 13.8 Å². The van der Waals surface area contributed by atoms with Crippen LogP contribution in [-0.2, 0) is 0 Å². The van der Waals surface area contributed by atoms with Crippen molar-refractivity contribution in [1.82, 2.24) is 0 Å². The SMILES string of the molecule is COc1ccc2c3c(cccc13)N(c1ccc3c(OC)ccc4c3c1NN=C4C)N=C2C. The van der Waals surface area contributed by atoms with E-state index >= 15 is 0 Å². The molecule has 4 aromatic rings. The summed E-state index contributed by atoms with van der Waals surface area (Å²) in [6, 6.07) is 18.6. The van der Waals surface area contributed by atoms with E-state index in [1.807, 2.05) is 37.1 Å². The zero-order valence-corrected chi connectivity index (χ0v) is 18.4. The third kappa shape index (κ3) is 2.40. The van der Waals surface area contributed by atoms with Crippen LogP contribution in [0.3, 0.4) is 0 Å². The summed E-state index contributed by atoms with van der Waals surface area (Å²) in [5, 5.41) is 15.9. The first-order valence-corrected chi connectivity index (χ1v) is 10.5. The number of methoxy groups -OCH3 is 2. The summed E-state index contributed by atoms with van der Waals surface area (Å²) in [6.07, 6.45) is 0. The molecule has 0 unspecified atom stereocenters. The van der Waals surface area contributed by atoms with Gasteiger partial charge in [0.05, 0.1) is 42.7 Å². The predicted octanol–water partition coefficient (Wildman–Crippen LogP) is 6.04. The molecule has 2 aliphatic rings. The van der Waals surface area contributed by atoms with E-state index in [-0.39, 0.29) is 0 Å². The smallest absolute Gasteiger partial charge is 0.126 e. The largest absolute Gasteiger partial charge is 0.496 e. The van der Waals surface area contributed by atoms with E-state index in [2.05, 4.69) is 46.9 Å². The second-order valence-electron chi connectivity index (χ2n) is 8.02. The maximum Gasteiger partial charge on any atom is 0.126 e. The van der Waals surface area contributed by atoms with Gasteiger partial charge in [0.15, 0.2) is 0 Å². The van der Waals surface area contributed by atoms with Crippen molar-refractivity contribution in [2.75, 3.05) is 24.7 Å². The highest BCUT2D eigenvalue weighted by Gasteiger charge is 2.27. The van der Waals surface area contributed by atoms with Gasteiger partial charge in [-0.1, -0.05) is 12.1 Å². The van der Waals surface area contributed by atoms with Crippen LogP contribution in [0, 0.1) is 0 Å². The Hall–Kier alpha value is -4.06. The van der Waals surface area contributed by atoms with Crippen molar-refractivity contribution in [2.24, 2.45) is 10.2 Å². The van der Waals surface area contributed by atoms with Crippen molar-refractivity contribution in [3.8, 4) is 11.5 Å². The third-order valence-corrected chi connectivity index (χ3v) is 6.36. The van der Waals surface area contributed by atoms with Crippen molar-refractivity contribution >= 4 is 50.0 Å². The fraction of sp³-hybridized carbons (Fsp3) is 0.154. The summed E-state index contributed by atoms with van der Waals surface area (Å²) in [5.41, 5.74) is 10.2. The number of nitrogens with one attached hydrogen (secondary N) is 1. The molecule has 32 heavy (non-hydrogen) atoms. The summed E-state index contributed by atoms with van der Waals surface area (Å²) in [4.78, 5) is 0. The lowest BCUT2D eigenvalue weighted by Crippen LogP contribution is -2.20. The molecule has 4 aromatic carbocycles. The number of rotatable bonds is 3. The number of benzene rings is 4. The molecule has 2 aliphatic heterocycles. The van der Waals surface area contributed by atoms with Crippen molar-refractivity contribution in [3.63, 3.8) is 0 Å². The van der Waals surface area contributed by atoms with E-state index in [0.29, 0.717) is 0 Å². The molecule has 6 heteroatoms. The van der Waals surface area contributed by atoms with E-state index in [1.54, 1.807) is 14.2 Å². The van der Waals surface area contributed by atoms with Crippen LogP contribution in [-0.4, -0.2) is 25.6 Å². The molecule has 0 aliphatic carbocycles. The van der Waals surface area contributed by atoms with E-state index < -0.39 is 0 Å². The van der Waals surface area contributed by atoms with E-state index in [1.165, 1.54) is 0 Å².